The van der Waals surface area contributed by atoms with Gasteiger partial charge in [0.15, 0.2) is 0 Å². The fraction of sp³-hybridized carbons (Fsp3) is 0.692. The molecule has 0 saturated heterocycles. The molecule has 13 heavy (non-hydrogen) atoms. The second kappa shape index (κ2) is 4.13. The molecule has 0 nitrogen and oxygen atoms in total. The monoisotopic (exact) mass is 178 g/mol. The van der Waals surface area contributed by atoms with E-state index in [-0.39, 0.29) is 0 Å². The predicted molar refractivity (Wildman–Crippen MR) is 59.8 cm³/mol. The van der Waals surface area contributed by atoms with E-state index >= 15 is 0 Å². The van der Waals surface area contributed by atoms with Crippen molar-refractivity contribution in [3.8, 4) is 0 Å². The molecule has 1 aliphatic carbocycles. The minimum Gasteiger partial charge on any atom is -0.0810 e. The van der Waals surface area contributed by atoms with Gasteiger partial charge in [0.1, 0.15) is 0 Å². The SMILES string of the molecule is CCCC(C)(C)C1=CCCC=C1C. The first-order chi connectivity index (χ1) is 6.08. The summed E-state index contributed by atoms with van der Waals surface area (Å²) in [5, 5.41) is 0. The maximum atomic E-state index is 2.44. The van der Waals surface area contributed by atoms with Crippen molar-refractivity contribution in [2.75, 3.05) is 0 Å². The predicted octanol–water partition coefficient (Wildman–Crippen LogP) is 4.48. The topological polar surface area (TPSA) is 0 Å². The van der Waals surface area contributed by atoms with Crippen LogP contribution in [0.1, 0.15) is 53.4 Å². The van der Waals surface area contributed by atoms with E-state index < -0.39 is 0 Å². The zero-order chi connectivity index (χ0) is 9.90. The first-order valence-corrected chi connectivity index (χ1v) is 5.45. The molecule has 0 heterocycles. The van der Waals surface area contributed by atoms with Gasteiger partial charge in [-0.25, -0.2) is 0 Å². The van der Waals surface area contributed by atoms with Crippen molar-refractivity contribution < 1.29 is 0 Å². The number of rotatable bonds is 3. The van der Waals surface area contributed by atoms with E-state index in [1.165, 1.54) is 31.3 Å². The van der Waals surface area contributed by atoms with Crippen LogP contribution in [0.3, 0.4) is 0 Å². The molecule has 0 atom stereocenters. The second-order valence-corrected chi connectivity index (χ2v) is 4.72. The van der Waals surface area contributed by atoms with Gasteiger partial charge in [0.2, 0.25) is 0 Å². The third-order valence-corrected chi connectivity index (χ3v) is 2.99. The Balaban J connectivity index is 2.80. The van der Waals surface area contributed by atoms with Gasteiger partial charge in [-0.05, 0) is 37.2 Å². The number of hydrogen-bond acceptors (Lipinski definition) is 0. The van der Waals surface area contributed by atoms with E-state index in [9.17, 15) is 0 Å². The average molecular weight is 178 g/mol. The number of hydrogen-bond donors (Lipinski definition) is 0. The Morgan fingerprint density at radius 3 is 2.38 bits per heavy atom. The largest absolute Gasteiger partial charge is 0.0810 e. The standard InChI is InChI=1S/C13H22/c1-5-10-13(3,4)12-9-7-6-8-11(12)2/h8-9H,5-7,10H2,1-4H3. The molecule has 0 fully saturated rings. The van der Waals surface area contributed by atoms with Gasteiger partial charge in [-0.3, -0.25) is 0 Å². The van der Waals surface area contributed by atoms with Crippen LogP contribution in [-0.4, -0.2) is 0 Å². The molecule has 74 valence electrons. The van der Waals surface area contributed by atoms with Crippen LogP contribution in [0.5, 0.6) is 0 Å². The molecule has 0 saturated carbocycles. The van der Waals surface area contributed by atoms with Gasteiger partial charge in [-0.2, -0.15) is 0 Å². The van der Waals surface area contributed by atoms with Gasteiger partial charge in [0.25, 0.3) is 0 Å². The Hall–Kier alpha value is -0.520. The number of allylic oxidation sites excluding steroid dienone is 4. The van der Waals surface area contributed by atoms with Gasteiger partial charge < -0.3 is 0 Å². The van der Waals surface area contributed by atoms with Crippen molar-refractivity contribution >= 4 is 0 Å². The van der Waals surface area contributed by atoms with Crippen LogP contribution in [0.15, 0.2) is 23.3 Å². The van der Waals surface area contributed by atoms with Crippen LogP contribution >= 0.6 is 0 Å². The third-order valence-electron chi connectivity index (χ3n) is 2.99. The highest BCUT2D eigenvalue weighted by Gasteiger charge is 2.23. The minimum atomic E-state index is 0.385. The normalized spacial score (nSPS) is 18.2. The van der Waals surface area contributed by atoms with Gasteiger partial charge in [0, 0.05) is 0 Å². The molecule has 0 N–H and O–H groups in total. The highest BCUT2D eigenvalue weighted by Crippen LogP contribution is 2.38. The summed E-state index contributed by atoms with van der Waals surface area (Å²) < 4.78 is 0. The lowest BCUT2D eigenvalue weighted by Gasteiger charge is -2.30. The summed E-state index contributed by atoms with van der Waals surface area (Å²) in [5.74, 6) is 0. The Morgan fingerprint density at radius 1 is 1.23 bits per heavy atom. The minimum absolute atomic E-state index is 0.385. The molecule has 0 aromatic heterocycles. The lowest BCUT2D eigenvalue weighted by Crippen LogP contribution is -2.16. The summed E-state index contributed by atoms with van der Waals surface area (Å²) in [6.07, 6.45) is 9.86. The van der Waals surface area contributed by atoms with E-state index in [0.717, 1.165) is 0 Å². The van der Waals surface area contributed by atoms with Crippen molar-refractivity contribution in [2.45, 2.75) is 53.4 Å². The molecule has 0 aliphatic heterocycles. The molecule has 0 unspecified atom stereocenters. The van der Waals surface area contributed by atoms with E-state index in [2.05, 4.69) is 39.8 Å². The maximum Gasteiger partial charge on any atom is -0.0104 e. The molecule has 0 amide bonds. The van der Waals surface area contributed by atoms with Crippen LogP contribution in [0.25, 0.3) is 0 Å². The summed E-state index contributed by atoms with van der Waals surface area (Å²) in [4.78, 5) is 0. The Morgan fingerprint density at radius 2 is 1.85 bits per heavy atom. The molecule has 0 bridgehead atoms. The molecule has 0 radical (unpaired) electrons. The summed E-state index contributed by atoms with van der Waals surface area (Å²) >= 11 is 0. The second-order valence-electron chi connectivity index (χ2n) is 4.72. The van der Waals surface area contributed by atoms with Crippen LogP contribution in [0.4, 0.5) is 0 Å². The summed E-state index contributed by atoms with van der Waals surface area (Å²) in [6, 6.07) is 0. The summed E-state index contributed by atoms with van der Waals surface area (Å²) in [7, 11) is 0. The van der Waals surface area contributed by atoms with Gasteiger partial charge >= 0.3 is 0 Å². The highest BCUT2D eigenvalue weighted by atomic mass is 14.3. The van der Waals surface area contributed by atoms with Gasteiger partial charge in [-0.15, -0.1) is 0 Å². The summed E-state index contributed by atoms with van der Waals surface area (Å²) in [5.41, 5.74) is 3.47. The van der Waals surface area contributed by atoms with Crippen LogP contribution in [0.2, 0.25) is 0 Å². The van der Waals surface area contributed by atoms with Crippen LogP contribution in [-0.2, 0) is 0 Å². The van der Waals surface area contributed by atoms with Crippen LogP contribution in [0, 0.1) is 5.41 Å². The molecular weight excluding hydrogens is 156 g/mol. The first-order valence-electron chi connectivity index (χ1n) is 5.45. The third kappa shape index (κ3) is 2.46. The molecule has 0 aromatic carbocycles. The average Bonchev–Trinajstić information content (AvgIpc) is 2.04. The van der Waals surface area contributed by atoms with Gasteiger partial charge in [-0.1, -0.05) is 44.9 Å². The van der Waals surface area contributed by atoms with Gasteiger partial charge in [0.05, 0.1) is 0 Å². The van der Waals surface area contributed by atoms with Crippen LogP contribution < -0.4 is 0 Å². The molecule has 0 spiro atoms. The Labute approximate surface area is 82.7 Å². The van der Waals surface area contributed by atoms with E-state index in [0.29, 0.717) is 5.41 Å². The fourth-order valence-electron chi connectivity index (χ4n) is 2.37. The lowest BCUT2D eigenvalue weighted by molar-refractivity contribution is 0.404. The fourth-order valence-corrected chi connectivity index (χ4v) is 2.37. The molecule has 0 heteroatoms. The van der Waals surface area contributed by atoms with Crippen molar-refractivity contribution in [3.05, 3.63) is 23.3 Å². The van der Waals surface area contributed by atoms with Crippen molar-refractivity contribution in [1.29, 1.82) is 0 Å². The zero-order valence-electron chi connectivity index (χ0n) is 9.48. The maximum absolute atomic E-state index is 2.44. The first kappa shape index (κ1) is 10.6. The molecule has 0 aromatic rings. The smallest absolute Gasteiger partial charge is 0.0104 e. The highest BCUT2D eigenvalue weighted by molar-refractivity contribution is 5.36. The summed E-state index contributed by atoms with van der Waals surface area (Å²) in [6.45, 7) is 9.25. The molecular formula is C13H22. The van der Waals surface area contributed by atoms with Crippen molar-refractivity contribution in [3.63, 3.8) is 0 Å². The Bertz CT molecular complexity index is 228. The Kier molecular flexibility index (Phi) is 3.35. The lowest BCUT2D eigenvalue weighted by atomic mass is 9.75. The molecule has 1 rings (SSSR count). The zero-order valence-corrected chi connectivity index (χ0v) is 9.48. The van der Waals surface area contributed by atoms with E-state index in [1.54, 1.807) is 5.57 Å². The quantitative estimate of drug-likeness (QED) is 0.597. The van der Waals surface area contributed by atoms with Crippen molar-refractivity contribution in [2.24, 2.45) is 5.41 Å². The van der Waals surface area contributed by atoms with E-state index in [1.807, 2.05) is 0 Å². The molecule has 1 aliphatic rings. The van der Waals surface area contributed by atoms with Crippen molar-refractivity contribution in [1.82, 2.24) is 0 Å². The van der Waals surface area contributed by atoms with E-state index in [4.69, 9.17) is 0 Å².